The highest BCUT2D eigenvalue weighted by molar-refractivity contribution is 6.12. The fraction of sp³-hybridized carbons (Fsp3) is 0.258. The molecule has 1 aliphatic carbocycles. The molecule has 1 amide bonds. The number of fused-ring (bicyclic) bond motifs is 1. The number of benzene rings is 3. The van der Waals surface area contributed by atoms with E-state index in [0.29, 0.717) is 34.8 Å². The first-order valence-corrected chi connectivity index (χ1v) is 12.8. The normalized spacial score (nSPS) is 19.5. The van der Waals surface area contributed by atoms with Crippen LogP contribution in [0.15, 0.2) is 72.9 Å². The van der Waals surface area contributed by atoms with E-state index in [-0.39, 0.29) is 23.3 Å². The van der Waals surface area contributed by atoms with Gasteiger partial charge in [-0.3, -0.25) is 14.6 Å². The van der Waals surface area contributed by atoms with Crippen molar-refractivity contribution in [2.45, 2.75) is 20.5 Å². The molecule has 5 rings (SSSR count). The van der Waals surface area contributed by atoms with Crippen LogP contribution in [0, 0.1) is 23.1 Å². The van der Waals surface area contributed by atoms with E-state index in [0.717, 1.165) is 11.6 Å². The van der Waals surface area contributed by atoms with Crippen molar-refractivity contribution in [3.05, 3.63) is 84.3 Å². The molecule has 1 aromatic heterocycles. The van der Waals surface area contributed by atoms with E-state index in [1.165, 1.54) is 26.4 Å². The Morgan fingerprint density at radius 3 is 2.33 bits per heavy atom. The number of methoxy groups -OCH3 is 2. The SMILES string of the molecule is COC(=O)C1(C(=O)Nc2ccc(Oc3ccnc4cc(OCc5ccccc5)c(OC)cc34)c(F)c2)[C@H](C)[C@H]1C. The van der Waals surface area contributed by atoms with Crippen molar-refractivity contribution in [3.63, 3.8) is 0 Å². The topological polar surface area (TPSA) is 96.0 Å². The Hall–Kier alpha value is -4.66. The zero-order valence-corrected chi connectivity index (χ0v) is 22.6. The lowest BCUT2D eigenvalue weighted by Crippen LogP contribution is -2.35. The zero-order chi connectivity index (χ0) is 28.4. The summed E-state index contributed by atoms with van der Waals surface area (Å²) < 4.78 is 37.4. The molecule has 8 nitrogen and oxygen atoms in total. The standard InChI is InChI=1S/C31H29FN2O6/c1-18-19(2)31(18,30(36)38-4)29(35)34-21-10-11-26(23(32)14-21)40-25-12-13-33-24-16-28(27(37-3)15-22(24)25)39-17-20-8-6-5-7-9-20/h5-16,18-19H,17H2,1-4H3,(H,34,35)/t18-,19-/m1/s1. The Bertz CT molecular complexity index is 1570. The zero-order valence-electron chi connectivity index (χ0n) is 22.6. The second kappa shape index (κ2) is 10.8. The van der Waals surface area contributed by atoms with E-state index in [1.54, 1.807) is 24.4 Å². The van der Waals surface area contributed by atoms with Crippen LogP contribution in [-0.4, -0.2) is 31.1 Å². The lowest BCUT2D eigenvalue weighted by atomic mass is 10.0. The van der Waals surface area contributed by atoms with E-state index in [4.69, 9.17) is 18.9 Å². The van der Waals surface area contributed by atoms with Crippen LogP contribution >= 0.6 is 0 Å². The summed E-state index contributed by atoms with van der Waals surface area (Å²) in [4.78, 5) is 29.7. The fourth-order valence-corrected chi connectivity index (χ4v) is 5.06. The van der Waals surface area contributed by atoms with Gasteiger partial charge in [-0.15, -0.1) is 0 Å². The molecule has 40 heavy (non-hydrogen) atoms. The monoisotopic (exact) mass is 544 g/mol. The van der Waals surface area contributed by atoms with E-state index in [1.807, 2.05) is 44.2 Å². The van der Waals surface area contributed by atoms with Gasteiger partial charge in [-0.2, -0.15) is 0 Å². The molecule has 0 unspecified atom stereocenters. The highest BCUT2D eigenvalue weighted by Crippen LogP contribution is 2.59. The molecule has 0 aliphatic heterocycles. The van der Waals surface area contributed by atoms with Crippen molar-refractivity contribution in [2.75, 3.05) is 19.5 Å². The van der Waals surface area contributed by atoms with Crippen LogP contribution in [0.1, 0.15) is 19.4 Å². The number of nitrogens with one attached hydrogen (secondary N) is 1. The van der Waals surface area contributed by atoms with Crippen LogP contribution < -0.4 is 19.5 Å². The Morgan fingerprint density at radius 2 is 1.68 bits per heavy atom. The minimum atomic E-state index is -1.28. The molecule has 1 aliphatic rings. The number of rotatable bonds is 9. The molecular weight excluding hydrogens is 515 g/mol. The first kappa shape index (κ1) is 26.9. The van der Waals surface area contributed by atoms with Crippen molar-refractivity contribution in [1.29, 1.82) is 0 Å². The van der Waals surface area contributed by atoms with Crippen molar-refractivity contribution in [1.82, 2.24) is 4.98 Å². The number of carbonyl (C=O) groups excluding carboxylic acids is 2. The number of aromatic nitrogens is 1. The van der Waals surface area contributed by atoms with E-state index < -0.39 is 23.1 Å². The molecule has 0 spiro atoms. The summed E-state index contributed by atoms with van der Waals surface area (Å²) in [5, 5.41) is 3.25. The summed E-state index contributed by atoms with van der Waals surface area (Å²) in [7, 11) is 2.78. The molecule has 4 aromatic rings. The molecule has 3 aromatic carbocycles. The van der Waals surface area contributed by atoms with Gasteiger partial charge in [0.05, 0.1) is 19.7 Å². The van der Waals surface area contributed by atoms with Crippen LogP contribution in [0.4, 0.5) is 10.1 Å². The van der Waals surface area contributed by atoms with Crippen molar-refractivity contribution >= 4 is 28.5 Å². The molecule has 0 radical (unpaired) electrons. The van der Waals surface area contributed by atoms with Gasteiger partial charge in [-0.25, -0.2) is 4.39 Å². The van der Waals surface area contributed by atoms with Gasteiger partial charge in [0.25, 0.3) is 0 Å². The molecule has 206 valence electrons. The summed E-state index contributed by atoms with van der Waals surface area (Å²) in [6.07, 6.45) is 1.56. The number of anilines is 1. The first-order valence-electron chi connectivity index (χ1n) is 12.8. The Balaban J connectivity index is 1.36. The van der Waals surface area contributed by atoms with Gasteiger partial charge < -0.3 is 24.3 Å². The highest BCUT2D eigenvalue weighted by atomic mass is 19.1. The maximum Gasteiger partial charge on any atom is 0.321 e. The van der Waals surface area contributed by atoms with Gasteiger partial charge >= 0.3 is 5.97 Å². The molecular formula is C31H29FN2O6. The number of hydrogen-bond acceptors (Lipinski definition) is 7. The molecule has 1 heterocycles. The molecule has 0 saturated heterocycles. The van der Waals surface area contributed by atoms with Gasteiger partial charge in [-0.05, 0) is 41.7 Å². The van der Waals surface area contributed by atoms with E-state index in [9.17, 15) is 9.59 Å². The molecule has 9 heteroatoms. The highest BCUT2D eigenvalue weighted by Gasteiger charge is 2.70. The van der Waals surface area contributed by atoms with Gasteiger partial charge in [0, 0.05) is 29.4 Å². The molecule has 1 saturated carbocycles. The average molecular weight is 545 g/mol. The average Bonchev–Trinajstić information content (AvgIpc) is 3.53. The lowest BCUT2D eigenvalue weighted by Gasteiger charge is -2.16. The number of hydrogen-bond donors (Lipinski definition) is 1. The smallest absolute Gasteiger partial charge is 0.321 e. The Kier molecular flexibility index (Phi) is 7.30. The van der Waals surface area contributed by atoms with Gasteiger partial charge in [0.2, 0.25) is 5.91 Å². The summed E-state index contributed by atoms with van der Waals surface area (Å²) in [6.45, 7) is 3.97. The summed E-state index contributed by atoms with van der Waals surface area (Å²) >= 11 is 0. The van der Waals surface area contributed by atoms with E-state index in [2.05, 4.69) is 10.3 Å². The van der Waals surface area contributed by atoms with E-state index >= 15 is 4.39 Å². The minimum Gasteiger partial charge on any atom is -0.493 e. The van der Waals surface area contributed by atoms with Crippen molar-refractivity contribution < 1.29 is 32.9 Å². The number of amides is 1. The second-order valence-electron chi connectivity index (χ2n) is 9.74. The number of halogens is 1. The molecule has 1 fully saturated rings. The number of pyridine rings is 1. The molecule has 2 atom stereocenters. The molecule has 1 N–H and O–H groups in total. The number of nitrogens with zero attached hydrogens (tertiary/aromatic N) is 1. The third-order valence-corrected chi connectivity index (χ3v) is 7.61. The van der Waals surface area contributed by atoms with Gasteiger partial charge in [0.1, 0.15) is 12.4 Å². The minimum absolute atomic E-state index is 0.0512. The van der Waals surface area contributed by atoms with Gasteiger partial charge in [-0.1, -0.05) is 44.2 Å². The maximum absolute atomic E-state index is 15.1. The van der Waals surface area contributed by atoms with Crippen LogP contribution in [-0.2, 0) is 20.9 Å². The van der Waals surface area contributed by atoms with Gasteiger partial charge in [0.15, 0.2) is 28.5 Å². The summed E-state index contributed by atoms with van der Waals surface area (Å²) in [5.41, 5.74) is 0.503. The maximum atomic E-state index is 15.1. The lowest BCUT2D eigenvalue weighted by molar-refractivity contribution is -0.151. The quantitative estimate of drug-likeness (QED) is 0.200. The van der Waals surface area contributed by atoms with Crippen molar-refractivity contribution in [3.8, 4) is 23.0 Å². The predicted octanol–water partition coefficient (Wildman–Crippen LogP) is 6.14. The van der Waals surface area contributed by atoms with Crippen LogP contribution in [0.3, 0.4) is 0 Å². The third kappa shape index (κ3) is 4.79. The number of esters is 1. The second-order valence-corrected chi connectivity index (χ2v) is 9.74. The van der Waals surface area contributed by atoms with Crippen LogP contribution in [0.5, 0.6) is 23.0 Å². The molecule has 0 bridgehead atoms. The summed E-state index contributed by atoms with van der Waals surface area (Å²) in [5.74, 6) is -0.891. The van der Waals surface area contributed by atoms with Crippen LogP contribution in [0.2, 0.25) is 0 Å². The largest absolute Gasteiger partial charge is 0.493 e. The van der Waals surface area contributed by atoms with Crippen LogP contribution in [0.25, 0.3) is 10.9 Å². The Labute approximate surface area is 231 Å². The van der Waals surface area contributed by atoms with Crippen molar-refractivity contribution in [2.24, 2.45) is 17.3 Å². The fourth-order valence-electron chi connectivity index (χ4n) is 5.06. The predicted molar refractivity (Wildman–Crippen MR) is 147 cm³/mol. The number of ether oxygens (including phenoxy) is 4. The third-order valence-electron chi connectivity index (χ3n) is 7.61. The first-order chi connectivity index (χ1) is 19.3. The Morgan fingerprint density at radius 1 is 0.925 bits per heavy atom. The summed E-state index contributed by atoms with van der Waals surface area (Å²) in [6, 6.07) is 18.9. The number of carbonyl (C=O) groups is 2.